The quantitative estimate of drug-likeness (QED) is 0.465. The maximum Gasteiger partial charge on any atom is 0.223 e. The van der Waals surface area contributed by atoms with Crippen LogP contribution >= 0.6 is 0 Å². The van der Waals surface area contributed by atoms with Gasteiger partial charge in [-0.05, 0) is 36.7 Å². The van der Waals surface area contributed by atoms with Crippen molar-refractivity contribution in [1.82, 2.24) is 15.5 Å². The van der Waals surface area contributed by atoms with E-state index in [0.717, 1.165) is 51.5 Å². The molecule has 1 aromatic rings. The maximum atomic E-state index is 12.4. The van der Waals surface area contributed by atoms with Crippen LogP contribution in [0.1, 0.15) is 53.0 Å². The lowest BCUT2D eigenvalue weighted by molar-refractivity contribution is -0.127. The lowest BCUT2D eigenvalue weighted by Gasteiger charge is -2.25. The monoisotopic (exact) mass is 400 g/mol. The second-order valence-corrected chi connectivity index (χ2v) is 9.48. The van der Waals surface area contributed by atoms with Gasteiger partial charge in [-0.3, -0.25) is 9.79 Å². The Bertz CT molecular complexity index is 654. The van der Waals surface area contributed by atoms with E-state index in [-0.39, 0.29) is 11.3 Å². The Labute approximate surface area is 177 Å². The van der Waals surface area contributed by atoms with Crippen LogP contribution in [0.25, 0.3) is 0 Å². The summed E-state index contributed by atoms with van der Waals surface area (Å²) in [7, 11) is 0. The molecule has 29 heavy (non-hydrogen) atoms. The van der Waals surface area contributed by atoms with E-state index in [9.17, 15) is 4.79 Å². The molecule has 1 unspecified atom stereocenters. The molecule has 1 aliphatic rings. The highest BCUT2D eigenvalue weighted by atomic mass is 16.2. The Morgan fingerprint density at radius 3 is 2.62 bits per heavy atom. The molecule has 1 atom stereocenters. The number of amides is 1. The first-order chi connectivity index (χ1) is 13.8. The summed E-state index contributed by atoms with van der Waals surface area (Å²) < 4.78 is 0. The van der Waals surface area contributed by atoms with Crippen LogP contribution in [0.2, 0.25) is 0 Å². The summed E-state index contributed by atoms with van der Waals surface area (Å²) in [6.45, 7) is 15.2. The van der Waals surface area contributed by atoms with Crippen molar-refractivity contribution >= 4 is 11.9 Å². The van der Waals surface area contributed by atoms with Crippen molar-refractivity contribution < 1.29 is 4.79 Å². The summed E-state index contributed by atoms with van der Waals surface area (Å²) in [6.07, 6.45) is 2.70. The molecular weight excluding hydrogens is 360 g/mol. The topological polar surface area (TPSA) is 56.7 Å². The minimum Gasteiger partial charge on any atom is -0.357 e. The number of carbonyl (C=O) groups is 1. The largest absolute Gasteiger partial charge is 0.357 e. The van der Waals surface area contributed by atoms with E-state index >= 15 is 0 Å². The molecule has 1 fully saturated rings. The fraction of sp³-hybridized carbons (Fsp3) is 0.667. The third-order valence-corrected chi connectivity index (χ3v) is 5.34. The number of guanidine groups is 1. The maximum absolute atomic E-state index is 12.4. The van der Waals surface area contributed by atoms with Gasteiger partial charge in [-0.25, -0.2) is 0 Å². The second kappa shape index (κ2) is 11.2. The molecule has 1 amide bonds. The molecule has 1 heterocycles. The average Bonchev–Trinajstić information content (AvgIpc) is 3.02. The van der Waals surface area contributed by atoms with E-state index in [1.807, 2.05) is 11.0 Å². The van der Waals surface area contributed by atoms with E-state index in [0.29, 0.717) is 18.3 Å². The van der Waals surface area contributed by atoms with E-state index in [4.69, 9.17) is 4.99 Å². The molecule has 0 aromatic heterocycles. The Morgan fingerprint density at radius 1 is 1.24 bits per heavy atom. The minimum atomic E-state index is 0.189. The van der Waals surface area contributed by atoms with E-state index in [1.165, 1.54) is 5.56 Å². The van der Waals surface area contributed by atoms with Crippen LogP contribution in [0.5, 0.6) is 0 Å². The third kappa shape index (κ3) is 8.46. The molecule has 2 rings (SSSR count). The van der Waals surface area contributed by atoms with Crippen molar-refractivity contribution in [3.63, 3.8) is 0 Å². The Kier molecular flexibility index (Phi) is 8.99. The summed E-state index contributed by atoms with van der Waals surface area (Å²) >= 11 is 0. The number of nitrogens with one attached hydrogen (secondary N) is 2. The van der Waals surface area contributed by atoms with Crippen molar-refractivity contribution in [3.05, 3.63) is 35.9 Å². The van der Waals surface area contributed by atoms with E-state index in [2.05, 4.69) is 69.5 Å². The number of aliphatic imine (C=N–C) groups is 1. The minimum absolute atomic E-state index is 0.189. The lowest BCUT2D eigenvalue weighted by atomic mass is 9.84. The van der Waals surface area contributed by atoms with Crippen molar-refractivity contribution in [2.75, 3.05) is 32.7 Å². The van der Waals surface area contributed by atoms with Gasteiger partial charge >= 0.3 is 0 Å². The van der Waals surface area contributed by atoms with E-state index < -0.39 is 0 Å². The Morgan fingerprint density at radius 2 is 1.97 bits per heavy atom. The van der Waals surface area contributed by atoms with Gasteiger partial charge in [-0.1, -0.05) is 58.0 Å². The standard InChI is InChI=1S/C24H40N4O/c1-6-25-23(27-18-24(4,5)15-19(2)3)26-16-21-14-22(29)28(17-21)13-12-20-10-8-7-9-11-20/h7-11,19,21H,6,12-18H2,1-5H3,(H2,25,26,27). The molecule has 2 N–H and O–H groups in total. The molecule has 1 aromatic carbocycles. The molecule has 1 aliphatic heterocycles. The number of benzene rings is 1. The molecule has 0 saturated carbocycles. The van der Waals surface area contributed by atoms with Crippen LogP contribution < -0.4 is 10.6 Å². The van der Waals surface area contributed by atoms with Crippen LogP contribution in [0.4, 0.5) is 0 Å². The summed E-state index contributed by atoms with van der Waals surface area (Å²) in [5.41, 5.74) is 1.47. The molecule has 162 valence electrons. The van der Waals surface area contributed by atoms with Crippen molar-refractivity contribution in [3.8, 4) is 0 Å². The van der Waals surface area contributed by atoms with Gasteiger partial charge in [0.1, 0.15) is 0 Å². The number of rotatable bonds is 10. The molecule has 1 saturated heterocycles. The van der Waals surface area contributed by atoms with E-state index in [1.54, 1.807) is 0 Å². The first-order valence-electron chi connectivity index (χ1n) is 11.1. The highest BCUT2D eigenvalue weighted by molar-refractivity contribution is 5.81. The van der Waals surface area contributed by atoms with Gasteiger partial charge in [-0.2, -0.15) is 0 Å². The predicted molar refractivity (Wildman–Crippen MR) is 122 cm³/mol. The zero-order valence-corrected chi connectivity index (χ0v) is 19.0. The highest BCUT2D eigenvalue weighted by Crippen LogP contribution is 2.25. The Hall–Kier alpha value is -2.04. The average molecular weight is 401 g/mol. The Balaban J connectivity index is 1.81. The molecule has 5 heteroatoms. The first kappa shape index (κ1) is 23.2. The molecular formula is C24H40N4O. The number of hydrogen-bond donors (Lipinski definition) is 2. The normalized spacial score (nSPS) is 17.9. The summed E-state index contributed by atoms with van der Waals surface area (Å²) in [4.78, 5) is 19.2. The fourth-order valence-electron chi connectivity index (χ4n) is 4.16. The highest BCUT2D eigenvalue weighted by Gasteiger charge is 2.29. The molecule has 0 aliphatic carbocycles. The smallest absolute Gasteiger partial charge is 0.223 e. The fourth-order valence-corrected chi connectivity index (χ4v) is 4.16. The van der Waals surface area contributed by atoms with Gasteiger partial charge in [0.15, 0.2) is 5.96 Å². The van der Waals surface area contributed by atoms with Gasteiger partial charge in [-0.15, -0.1) is 0 Å². The van der Waals surface area contributed by atoms with Crippen LogP contribution in [-0.4, -0.2) is 49.5 Å². The molecule has 0 bridgehead atoms. The van der Waals surface area contributed by atoms with Gasteiger partial charge < -0.3 is 15.5 Å². The molecule has 0 radical (unpaired) electrons. The van der Waals surface area contributed by atoms with Gasteiger partial charge in [0, 0.05) is 45.1 Å². The predicted octanol–water partition coefficient (Wildman–Crippen LogP) is 3.71. The van der Waals surface area contributed by atoms with Crippen LogP contribution in [-0.2, 0) is 11.2 Å². The van der Waals surface area contributed by atoms with Gasteiger partial charge in [0.05, 0.1) is 0 Å². The number of nitrogens with zero attached hydrogens (tertiary/aromatic N) is 2. The van der Waals surface area contributed by atoms with Crippen LogP contribution in [0.15, 0.2) is 35.3 Å². The van der Waals surface area contributed by atoms with Crippen molar-refractivity contribution in [2.24, 2.45) is 22.2 Å². The lowest BCUT2D eigenvalue weighted by Crippen LogP contribution is -2.41. The zero-order valence-electron chi connectivity index (χ0n) is 19.0. The second-order valence-electron chi connectivity index (χ2n) is 9.48. The summed E-state index contributed by atoms with van der Waals surface area (Å²) in [5.74, 6) is 2.14. The van der Waals surface area contributed by atoms with Crippen LogP contribution in [0, 0.1) is 17.3 Å². The number of likely N-dealkylation sites (tertiary alicyclic amines) is 1. The zero-order chi connectivity index (χ0) is 21.3. The summed E-state index contributed by atoms with van der Waals surface area (Å²) in [5, 5.41) is 6.81. The number of carbonyl (C=O) groups excluding carboxylic acids is 1. The first-order valence-corrected chi connectivity index (χ1v) is 11.1. The molecule has 5 nitrogen and oxygen atoms in total. The van der Waals surface area contributed by atoms with Gasteiger partial charge in [0.2, 0.25) is 5.91 Å². The number of hydrogen-bond acceptors (Lipinski definition) is 2. The van der Waals surface area contributed by atoms with Gasteiger partial charge in [0.25, 0.3) is 0 Å². The third-order valence-electron chi connectivity index (χ3n) is 5.34. The molecule has 0 spiro atoms. The summed E-state index contributed by atoms with van der Waals surface area (Å²) in [6, 6.07) is 10.4. The van der Waals surface area contributed by atoms with Crippen LogP contribution in [0.3, 0.4) is 0 Å². The van der Waals surface area contributed by atoms with Crippen molar-refractivity contribution in [1.29, 1.82) is 0 Å². The van der Waals surface area contributed by atoms with Crippen molar-refractivity contribution in [2.45, 2.75) is 53.9 Å². The SMILES string of the molecule is CCNC(=NCC(C)(C)CC(C)C)NCC1CC(=O)N(CCc2ccccc2)C1.